The van der Waals surface area contributed by atoms with E-state index in [1.54, 1.807) is 6.92 Å². The van der Waals surface area contributed by atoms with Crippen molar-refractivity contribution < 1.29 is 13.2 Å². The molecule has 0 saturated carbocycles. The van der Waals surface area contributed by atoms with E-state index in [1.165, 1.54) is 11.9 Å². The van der Waals surface area contributed by atoms with Crippen LogP contribution in [0.1, 0.15) is 12.6 Å². The van der Waals surface area contributed by atoms with Gasteiger partial charge in [0.1, 0.15) is 5.82 Å². The average Bonchev–Trinajstić information content (AvgIpc) is 2.26. The zero-order valence-corrected chi connectivity index (χ0v) is 9.86. The summed E-state index contributed by atoms with van der Waals surface area (Å²) in [6.45, 7) is 1.91. The molecule has 2 N–H and O–H groups in total. The van der Waals surface area contributed by atoms with Crippen LogP contribution in [-0.4, -0.2) is 23.6 Å². The van der Waals surface area contributed by atoms with Gasteiger partial charge in [-0.3, -0.25) is 0 Å². The number of nitrogen functional groups attached to an aromatic ring is 1. The minimum absolute atomic E-state index is 0.0388. The van der Waals surface area contributed by atoms with Crippen molar-refractivity contribution in [2.75, 3.05) is 24.2 Å². The zero-order valence-electron chi connectivity index (χ0n) is 9.86. The van der Waals surface area contributed by atoms with Gasteiger partial charge in [-0.15, -0.1) is 0 Å². The number of halogens is 3. The zero-order chi connectivity index (χ0) is 13.9. The fourth-order valence-corrected chi connectivity index (χ4v) is 1.34. The highest BCUT2D eigenvalue weighted by atomic mass is 19.4. The van der Waals surface area contributed by atoms with Crippen molar-refractivity contribution in [2.45, 2.75) is 13.1 Å². The van der Waals surface area contributed by atoms with Gasteiger partial charge in [-0.2, -0.15) is 23.4 Å². The third-order valence-corrected chi connectivity index (χ3v) is 2.18. The lowest BCUT2D eigenvalue weighted by molar-refractivity contribution is -0.141. The van der Waals surface area contributed by atoms with Crippen LogP contribution in [0.4, 0.5) is 24.9 Å². The summed E-state index contributed by atoms with van der Waals surface area (Å²) in [4.78, 5) is 8.29. The van der Waals surface area contributed by atoms with E-state index in [0.717, 1.165) is 6.07 Å². The van der Waals surface area contributed by atoms with Crippen LogP contribution in [0, 0.1) is 17.2 Å². The van der Waals surface area contributed by atoms with E-state index >= 15 is 0 Å². The number of nitrogens with zero attached hydrogens (tertiary/aromatic N) is 4. The highest BCUT2D eigenvalue weighted by Crippen LogP contribution is 2.29. The third-order valence-electron chi connectivity index (χ3n) is 2.18. The third kappa shape index (κ3) is 3.48. The van der Waals surface area contributed by atoms with Crippen LogP contribution in [0.2, 0.25) is 0 Å². The highest BCUT2D eigenvalue weighted by molar-refractivity contribution is 5.43. The molecule has 0 bridgehead atoms. The first kappa shape index (κ1) is 14.0. The molecule has 0 spiro atoms. The van der Waals surface area contributed by atoms with Crippen LogP contribution in [-0.2, 0) is 6.18 Å². The first-order chi connectivity index (χ1) is 8.24. The fraction of sp³-hybridized carbons (Fsp3) is 0.500. The molecule has 0 aliphatic rings. The molecule has 0 radical (unpaired) electrons. The first-order valence-corrected chi connectivity index (χ1v) is 5.06. The molecular formula is C10H12F3N5. The van der Waals surface area contributed by atoms with Crippen molar-refractivity contribution in [3.05, 3.63) is 11.8 Å². The lowest BCUT2D eigenvalue weighted by atomic mass is 10.2. The maximum atomic E-state index is 12.5. The van der Waals surface area contributed by atoms with Crippen molar-refractivity contribution in [3.63, 3.8) is 0 Å². The van der Waals surface area contributed by atoms with Crippen LogP contribution in [0.15, 0.2) is 6.07 Å². The Labute approximate surface area is 102 Å². The molecule has 0 aromatic carbocycles. The summed E-state index contributed by atoms with van der Waals surface area (Å²) < 4.78 is 37.6. The van der Waals surface area contributed by atoms with Gasteiger partial charge in [0.15, 0.2) is 5.69 Å². The maximum absolute atomic E-state index is 12.5. The Balaban J connectivity index is 3.03. The molecule has 8 heteroatoms. The van der Waals surface area contributed by atoms with Crippen LogP contribution in [0.5, 0.6) is 0 Å². The second-order valence-corrected chi connectivity index (χ2v) is 3.88. The number of rotatable bonds is 3. The lowest BCUT2D eigenvalue weighted by Crippen LogP contribution is -2.25. The molecule has 98 valence electrons. The van der Waals surface area contributed by atoms with Gasteiger partial charge in [0.25, 0.3) is 0 Å². The number of hydrogen-bond donors (Lipinski definition) is 1. The largest absolute Gasteiger partial charge is 0.433 e. The van der Waals surface area contributed by atoms with Gasteiger partial charge in [0.05, 0.1) is 12.0 Å². The number of aromatic nitrogens is 2. The number of nitrogens with two attached hydrogens (primary N) is 1. The molecule has 0 fully saturated rings. The van der Waals surface area contributed by atoms with Crippen LogP contribution in [0.25, 0.3) is 0 Å². The molecule has 1 heterocycles. The van der Waals surface area contributed by atoms with Crippen molar-refractivity contribution >= 4 is 11.8 Å². The molecule has 1 atom stereocenters. The summed E-state index contributed by atoms with van der Waals surface area (Å²) >= 11 is 0. The number of hydrogen-bond acceptors (Lipinski definition) is 5. The van der Waals surface area contributed by atoms with E-state index in [-0.39, 0.29) is 18.3 Å². The minimum atomic E-state index is -4.58. The summed E-state index contributed by atoms with van der Waals surface area (Å²) in [7, 11) is 1.54. The van der Waals surface area contributed by atoms with E-state index in [0.29, 0.717) is 0 Å². The molecule has 1 unspecified atom stereocenters. The lowest BCUT2D eigenvalue weighted by Gasteiger charge is -2.20. The predicted molar refractivity (Wildman–Crippen MR) is 59.5 cm³/mol. The second-order valence-electron chi connectivity index (χ2n) is 3.88. The number of anilines is 2. The van der Waals surface area contributed by atoms with Gasteiger partial charge in [0, 0.05) is 19.7 Å². The van der Waals surface area contributed by atoms with Crippen LogP contribution >= 0.6 is 0 Å². The SMILES string of the molecule is CC(C#N)CN(C)c1cc(C(F)(F)F)nc(N)n1. The van der Waals surface area contributed by atoms with Gasteiger partial charge in [-0.25, -0.2) is 4.98 Å². The Morgan fingerprint density at radius 2 is 2.11 bits per heavy atom. The van der Waals surface area contributed by atoms with Crippen LogP contribution in [0.3, 0.4) is 0 Å². The summed E-state index contributed by atoms with van der Waals surface area (Å²) in [5.41, 5.74) is 4.15. The standard InChI is InChI=1S/C10H12F3N5/c1-6(4-14)5-18(2)8-3-7(10(11,12)13)16-9(15)17-8/h3,6H,5H2,1-2H3,(H2,15,16,17). The van der Waals surface area contributed by atoms with E-state index in [2.05, 4.69) is 9.97 Å². The summed E-state index contributed by atoms with van der Waals surface area (Å²) in [6.07, 6.45) is -4.58. The first-order valence-electron chi connectivity index (χ1n) is 5.06. The summed E-state index contributed by atoms with van der Waals surface area (Å²) in [5.74, 6) is -0.742. The molecule has 18 heavy (non-hydrogen) atoms. The Morgan fingerprint density at radius 3 is 2.61 bits per heavy atom. The fourth-order valence-electron chi connectivity index (χ4n) is 1.34. The van der Waals surface area contributed by atoms with E-state index in [4.69, 9.17) is 11.0 Å². The van der Waals surface area contributed by atoms with Crippen molar-refractivity contribution in [2.24, 2.45) is 5.92 Å². The summed E-state index contributed by atoms with van der Waals surface area (Å²) in [6, 6.07) is 2.79. The molecule has 0 aliphatic heterocycles. The monoisotopic (exact) mass is 259 g/mol. The minimum Gasteiger partial charge on any atom is -0.368 e. The molecule has 1 aromatic rings. The molecule has 5 nitrogen and oxygen atoms in total. The van der Waals surface area contributed by atoms with Crippen molar-refractivity contribution in [1.82, 2.24) is 9.97 Å². The smallest absolute Gasteiger partial charge is 0.368 e. The van der Waals surface area contributed by atoms with Gasteiger partial charge in [-0.1, -0.05) is 0 Å². The molecule has 0 saturated heterocycles. The molecule has 0 aliphatic carbocycles. The maximum Gasteiger partial charge on any atom is 0.433 e. The number of nitriles is 1. The van der Waals surface area contributed by atoms with Gasteiger partial charge in [-0.05, 0) is 6.92 Å². The molecular weight excluding hydrogens is 247 g/mol. The summed E-state index contributed by atoms with van der Waals surface area (Å²) in [5, 5.41) is 8.65. The van der Waals surface area contributed by atoms with Crippen molar-refractivity contribution in [1.29, 1.82) is 5.26 Å². The second kappa shape index (κ2) is 5.08. The highest BCUT2D eigenvalue weighted by Gasteiger charge is 2.33. The van der Waals surface area contributed by atoms with Gasteiger partial charge < -0.3 is 10.6 Å². The normalized spacial score (nSPS) is 12.9. The predicted octanol–water partition coefficient (Wildman–Crippen LogP) is 1.67. The van der Waals surface area contributed by atoms with Gasteiger partial charge >= 0.3 is 6.18 Å². The van der Waals surface area contributed by atoms with Crippen molar-refractivity contribution in [3.8, 4) is 6.07 Å². The van der Waals surface area contributed by atoms with E-state index in [1.807, 2.05) is 6.07 Å². The Bertz CT molecular complexity index is 466. The Kier molecular flexibility index (Phi) is 3.96. The topological polar surface area (TPSA) is 78.8 Å². The number of alkyl halides is 3. The Hall–Kier alpha value is -2.04. The van der Waals surface area contributed by atoms with E-state index in [9.17, 15) is 13.2 Å². The van der Waals surface area contributed by atoms with Crippen LogP contribution < -0.4 is 10.6 Å². The average molecular weight is 259 g/mol. The Morgan fingerprint density at radius 1 is 1.50 bits per heavy atom. The molecule has 1 aromatic heterocycles. The van der Waals surface area contributed by atoms with Gasteiger partial charge in [0.2, 0.25) is 5.95 Å². The molecule has 0 amide bonds. The quantitative estimate of drug-likeness (QED) is 0.893. The van der Waals surface area contributed by atoms with E-state index < -0.39 is 17.8 Å². The molecule has 1 rings (SSSR count).